The van der Waals surface area contributed by atoms with E-state index >= 15 is 0 Å². The van der Waals surface area contributed by atoms with Gasteiger partial charge < -0.3 is 0 Å². The van der Waals surface area contributed by atoms with E-state index in [1.54, 1.807) is 5.51 Å². The highest BCUT2D eigenvalue weighted by molar-refractivity contribution is 7.16. The van der Waals surface area contributed by atoms with Crippen molar-refractivity contribution >= 4 is 33.3 Å². The van der Waals surface area contributed by atoms with Crippen molar-refractivity contribution in [3.8, 4) is 0 Å². The van der Waals surface area contributed by atoms with Crippen molar-refractivity contribution in [3.63, 3.8) is 0 Å². The van der Waals surface area contributed by atoms with Gasteiger partial charge in [0.1, 0.15) is 10.3 Å². The number of aromatic nitrogens is 3. The topological polar surface area (TPSA) is 38.7 Å². The molecule has 0 atom stereocenters. The molecule has 2 rings (SSSR count). The third-order valence-electron chi connectivity index (χ3n) is 2.74. The van der Waals surface area contributed by atoms with Crippen LogP contribution < -0.4 is 0 Å². The van der Waals surface area contributed by atoms with Crippen molar-refractivity contribution in [2.75, 3.05) is 0 Å². The van der Waals surface area contributed by atoms with Crippen molar-refractivity contribution in [3.05, 3.63) is 28.6 Å². The SMILES string of the molecule is C=C(CCc1nc(Cl)nc2scnc12)C(C)C. The number of halogens is 1. The number of rotatable bonds is 4. The van der Waals surface area contributed by atoms with E-state index in [9.17, 15) is 0 Å². The summed E-state index contributed by atoms with van der Waals surface area (Å²) in [5.74, 6) is 0.498. The lowest BCUT2D eigenvalue weighted by Gasteiger charge is -2.08. The van der Waals surface area contributed by atoms with Crippen molar-refractivity contribution < 1.29 is 0 Å². The molecule has 0 saturated heterocycles. The first-order chi connectivity index (χ1) is 8.08. The molecule has 0 N–H and O–H groups in total. The molecule has 0 aliphatic carbocycles. The molecule has 0 aromatic carbocycles. The van der Waals surface area contributed by atoms with Crippen LogP contribution in [0.15, 0.2) is 17.7 Å². The second-order valence-electron chi connectivity index (χ2n) is 4.26. The van der Waals surface area contributed by atoms with Gasteiger partial charge in [-0.1, -0.05) is 26.0 Å². The summed E-state index contributed by atoms with van der Waals surface area (Å²) in [7, 11) is 0. The summed E-state index contributed by atoms with van der Waals surface area (Å²) < 4.78 is 0. The van der Waals surface area contributed by atoms with E-state index in [1.165, 1.54) is 16.9 Å². The second kappa shape index (κ2) is 5.10. The van der Waals surface area contributed by atoms with Gasteiger partial charge in [0.2, 0.25) is 5.28 Å². The van der Waals surface area contributed by atoms with E-state index in [2.05, 4.69) is 35.4 Å². The van der Waals surface area contributed by atoms with E-state index in [-0.39, 0.29) is 0 Å². The van der Waals surface area contributed by atoms with E-state index in [1.807, 2.05) is 0 Å². The zero-order valence-corrected chi connectivity index (χ0v) is 11.5. The van der Waals surface area contributed by atoms with Gasteiger partial charge in [0.05, 0.1) is 11.2 Å². The normalized spacial score (nSPS) is 11.3. The highest BCUT2D eigenvalue weighted by Crippen LogP contribution is 2.23. The molecule has 2 heterocycles. The van der Waals surface area contributed by atoms with E-state index in [0.29, 0.717) is 11.2 Å². The van der Waals surface area contributed by atoms with Gasteiger partial charge in [0, 0.05) is 0 Å². The van der Waals surface area contributed by atoms with Gasteiger partial charge in [-0.05, 0) is 30.4 Å². The summed E-state index contributed by atoms with van der Waals surface area (Å²) in [4.78, 5) is 13.6. The van der Waals surface area contributed by atoms with E-state index < -0.39 is 0 Å². The summed E-state index contributed by atoms with van der Waals surface area (Å²) in [6.07, 6.45) is 1.73. The first kappa shape index (κ1) is 12.5. The van der Waals surface area contributed by atoms with Crippen LogP contribution in [0.3, 0.4) is 0 Å². The standard InChI is InChI=1S/C12H14ClN3S/c1-7(2)8(3)4-5-9-10-11(17-6-14-10)16-12(13)15-9/h6-7H,3-5H2,1-2H3. The number of hydrogen-bond acceptors (Lipinski definition) is 4. The minimum absolute atomic E-state index is 0.298. The zero-order chi connectivity index (χ0) is 12.4. The van der Waals surface area contributed by atoms with Crippen molar-refractivity contribution in [2.45, 2.75) is 26.7 Å². The van der Waals surface area contributed by atoms with Gasteiger partial charge in [-0.15, -0.1) is 11.3 Å². The summed E-state index contributed by atoms with van der Waals surface area (Å²) in [6, 6.07) is 0. The fourth-order valence-corrected chi connectivity index (χ4v) is 2.45. The van der Waals surface area contributed by atoms with Crippen LogP contribution in [0.5, 0.6) is 0 Å². The largest absolute Gasteiger partial charge is 0.241 e. The van der Waals surface area contributed by atoms with Crippen LogP contribution >= 0.6 is 22.9 Å². The molecule has 3 nitrogen and oxygen atoms in total. The Balaban J connectivity index is 2.23. The maximum Gasteiger partial charge on any atom is 0.224 e. The number of nitrogens with zero attached hydrogens (tertiary/aromatic N) is 3. The number of fused-ring (bicyclic) bond motifs is 1. The lowest BCUT2D eigenvalue weighted by molar-refractivity contribution is 0.709. The number of aryl methyl sites for hydroxylation is 1. The molecule has 2 aromatic heterocycles. The Hall–Kier alpha value is -1.00. The average molecular weight is 268 g/mol. The minimum atomic E-state index is 0.298. The molecule has 2 aromatic rings. The van der Waals surface area contributed by atoms with Gasteiger partial charge in [-0.2, -0.15) is 0 Å². The van der Waals surface area contributed by atoms with Crippen LogP contribution in [0.4, 0.5) is 0 Å². The Morgan fingerprint density at radius 2 is 2.24 bits per heavy atom. The van der Waals surface area contributed by atoms with Gasteiger partial charge in [0.15, 0.2) is 0 Å². The Morgan fingerprint density at radius 3 is 2.94 bits per heavy atom. The molecule has 5 heteroatoms. The fraction of sp³-hybridized carbons (Fsp3) is 0.417. The summed E-state index contributed by atoms with van der Waals surface area (Å²) >= 11 is 7.38. The predicted octanol–water partition coefficient (Wildman–Crippen LogP) is 3.88. The third kappa shape index (κ3) is 2.82. The number of hydrogen-bond donors (Lipinski definition) is 0. The van der Waals surface area contributed by atoms with Gasteiger partial charge in [-0.3, -0.25) is 0 Å². The first-order valence-corrected chi connectivity index (χ1v) is 6.77. The lowest BCUT2D eigenvalue weighted by atomic mass is 9.99. The summed E-state index contributed by atoms with van der Waals surface area (Å²) in [5, 5.41) is 0.298. The number of allylic oxidation sites excluding steroid dienone is 1. The molecule has 0 amide bonds. The maximum atomic E-state index is 5.89. The van der Waals surface area contributed by atoms with Gasteiger partial charge in [0.25, 0.3) is 0 Å². The van der Waals surface area contributed by atoms with Crippen LogP contribution in [-0.2, 0) is 6.42 Å². The average Bonchev–Trinajstić information content (AvgIpc) is 2.72. The van der Waals surface area contributed by atoms with E-state index in [4.69, 9.17) is 11.6 Å². The third-order valence-corrected chi connectivity index (χ3v) is 3.63. The molecule has 0 spiro atoms. The molecule has 0 aliphatic heterocycles. The molecule has 0 radical (unpaired) electrons. The minimum Gasteiger partial charge on any atom is -0.241 e. The molecular formula is C12H14ClN3S. The van der Waals surface area contributed by atoms with Crippen molar-refractivity contribution in [2.24, 2.45) is 5.92 Å². The van der Waals surface area contributed by atoms with Gasteiger partial charge in [-0.25, -0.2) is 15.0 Å². The molecule has 17 heavy (non-hydrogen) atoms. The first-order valence-electron chi connectivity index (χ1n) is 5.51. The molecule has 0 fully saturated rings. The molecule has 0 aliphatic rings. The van der Waals surface area contributed by atoms with Crippen molar-refractivity contribution in [1.82, 2.24) is 15.0 Å². The van der Waals surface area contributed by atoms with Crippen molar-refractivity contribution in [1.29, 1.82) is 0 Å². The second-order valence-corrected chi connectivity index (χ2v) is 5.43. The molecule has 90 valence electrons. The van der Waals surface area contributed by atoms with Crippen LogP contribution in [0, 0.1) is 5.92 Å². The summed E-state index contributed by atoms with van der Waals surface area (Å²) in [5.41, 5.74) is 4.79. The Kier molecular flexibility index (Phi) is 3.74. The van der Waals surface area contributed by atoms with Crippen LogP contribution in [-0.4, -0.2) is 15.0 Å². The summed E-state index contributed by atoms with van der Waals surface area (Å²) in [6.45, 7) is 8.36. The predicted molar refractivity (Wildman–Crippen MR) is 72.5 cm³/mol. The van der Waals surface area contributed by atoms with Crippen LogP contribution in [0.25, 0.3) is 10.3 Å². The molecule has 0 bridgehead atoms. The monoisotopic (exact) mass is 267 g/mol. The maximum absolute atomic E-state index is 5.89. The fourth-order valence-electron chi connectivity index (χ4n) is 1.53. The Labute approximate surface area is 110 Å². The lowest BCUT2D eigenvalue weighted by Crippen LogP contribution is -1.99. The Morgan fingerprint density at radius 1 is 1.47 bits per heavy atom. The van der Waals surface area contributed by atoms with E-state index in [0.717, 1.165) is 28.9 Å². The molecule has 0 saturated carbocycles. The highest BCUT2D eigenvalue weighted by Gasteiger charge is 2.10. The molecule has 0 unspecified atom stereocenters. The van der Waals surface area contributed by atoms with Gasteiger partial charge >= 0.3 is 0 Å². The quantitative estimate of drug-likeness (QED) is 0.623. The zero-order valence-electron chi connectivity index (χ0n) is 9.90. The smallest absolute Gasteiger partial charge is 0.224 e. The number of thiazole rings is 1. The van der Waals surface area contributed by atoms with Crippen LogP contribution in [0.1, 0.15) is 26.0 Å². The highest BCUT2D eigenvalue weighted by atomic mass is 35.5. The Bertz CT molecular complexity index is 548. The molecular weight excluding hydrogens is 254 g/mol. The van der Waals surface area contributed by atoms with Crippen LogP contribution in [0.2, 0.25) is 5.28 Å².